The molecule has 1 amide bonds. The lowest BCUT2D eigenvalue weighted by Crippen LogP contribution is -2.38. The van der Waals surface area contributed by atoms with Gasteiger partial charge in [0.25, 0.3) is 5.91 Å². The Balaban J connectivity index is 1.58. The molecule has 0 aliphatic carbocycles. The highest BCUT2D eigenvalue weighted by Gasteiger charge is 2.34. The summed E-state index contributed by atoms with van der Waals surface area (Å²) in [5.41, 5.74) is 3.92. The number of aryl methyl sites for hydroxylation is 2. The molecule has 1 saturated heterocycles. The van der Waals surface area contributed by atoms with Gasteiger partial charge in [-0.1, -0.05) is 36.5 Å². The van der Waals surface area contributed by atoms with Crippen molar-refractivity contribution < 1.29 is 24.1 Å². The lowest BCUT2D eigenvalue weighted by molar-refractivity contribution is 0.00669. The minimum Gasteiger partial charge on any atom is -0.486 e. The first-order valence-corrected chi connectivity index (χ1v) is 13.3. The van der Waals surface area contributed by atoms with E-state index in [0.29, 0.717) is 61.4 Å². The van der Waals surface area contributed by atoms with Crippen molar-refractivity contribution in [3.05, 3.63) is 50.1 Å². The van der Waals surface area contributed by atoms with Gasteiger partial charge in [0.2, 0.25) is 5.88 Å². The molecule has 1 aromatic heterocycles. The van der Waals surface area contributed by atoms with Crippen molar-refractivity contribution in [1.29, 1.82) is 0 Å². The zero-order valence-electron chi connectivity index (χ0n) is 21.3. The molecule has 9 heteroatoms. The molecule has 2 aliphatic rings. The molecule has 196 valence electrons. The molecule has 0 saturated carbocycles. The zero-order chi connectivity index (χ0) is 26.0. The fourth-order valence-electron chi connectivity index (χ4n) is 4.72. The number of halogens is 2. The SMILES string of the molecule is CCCCOc1nc(C)cc(C)c1CN1CCc2c(Cl)cc(O[C@H]3CO[C@@H](C(C)O)C3)c(Cl)c2C1=O. The lowest BCUT2D eigenvalue weighted by atomic mass is 9.97. The van der Waals surface area contributed by atoms with E-state index in [1.54, 1.807) is 17.9 Å². The number of fused-ring (bicyclic) bond motifs is 1. The van der Waals surface area contributed by atoms with Gasteiger partial charge in [0, 0.05) is 35.3 Å². The second-order valence-corrected chi connectivity index (χ2v) is 10.4. The molecule has 0 radical (unpaired) electrons. The molecule has 3 atom stereocenters. The van der Waals surface area contributed by atoms with Crippen molar-refractivity contribution in [3.63, 3.8) is 0 Å². The molecule has 36 heavy (non-hydrogen) atoms. The number of aromatic nitrogens is 1. The standard InChI is InChI=1S/C27H34Cl2N2O5/c1-5-6-9-34-26-20(15(2)10-16(3)30-26)13-31-8-7-19-21(28)12-23(25(29)24(19)27(31)33)36-18-11-22(17(4)32)35-14-18/h10,12,17-18,22,32H,5-9,11,13-14H2,1-4H3/t17?,18-,22-/m1/s1. The molecule has 2 aliphatic heterocycles. The molecule has 4 rings (SSSR count). The van der Waals surface area contributed by atoms with Crippen molar-refractivity contribution in [2.45, 2.75) is 78.2 Å². The third kappa shape index (κ3) is 5.75. The predicted octanol–water partition coefficient (Wildman–Crippen LogP) is 5.30. The first-order chi connectivity index (χ1) is 17.2. The van der Waals surface area contributed by atoms with Crippen molar-refractivity contribution in [3.8, 4) is 11.6 Å². The van der Waals surface area contributed by atoms with E-state index < -0.39 is 6.10 Å². The van der Waals surface area contributed by atoms with Gasteiger partial charge in [-0.25, -0.2) is 4.98 Å². The maximum atomic E-state index is 13.7. The van der Waals surface area contributed by atoms with Gasteiger partial charge in [-0.15, -0.1) is 0 Å². The van der Waals surface area contributed by atoms with Gasteiger partial charge in [-0.2, -0.15) is 0 Å². The van der Waals surface area contributed by atoms with Crippen LogP contribution in [0.5, 0.6) is 11.6 Å². The largest absolute Gasteiger partial charge is 0.486 e. The van der Waals surface area contributed by atoms with Crippen molar-refractivity contribution >= 4 is 29.1 Å². The first kappa shape index (κ1) is 27.0. The van der Waals surface area contributed by atoms with E-state index in [2.05, 4.69) is 11.9 Å². The number of rotatable bonds is 9. The van der Waals surface area contributed by atoms with Gasteiger partial charge in [0.1, 0.15) is 11.9 Å². The second kappa shape index (κ2) is 11.5. The van der Waals surface area contributed by atoms with E-state index in [1.807, 2.05) is 19.9 Å². The van der Waals surface area contributed by atoms with E-state index in [0.717, 1.165) is 35.2 Å². The van der Waals surface area contributed by atoms with Gasteiger partial charge in [-0.3, -0.25) is 4.79 Å². The van der Waals surface area contributed by atoms with Crippen LogP contribution < -0.4 is 9.47 Å². The van der Waals surface area contributed by atoms with Crippen LogP contribution in [0, 0.1) is 13.8 Å². The first-order valence-electron chi connectivity index (χ1n) is 12.6. The monoisotopic (exact) mass is 536 g/mol. The second-order valence-electron chi connectivity index (χ2n) is 9.65. The summed E-state index contributed by atoms with van der Waals surface area (Å²) in [4.78, 5) is 20.1. The molecule has 0 bridgehead atoms. The average molecular weight is 537 g/mol. The smallest absolute Gasteiger partial charge is 0.256 e. The predicted molar refractivity (Wildman–Crippen MR) is 139 cm³/mol. The van der Waals surface area contributed by atoms with Crippen LogP contribution in [0.3, 0.4) is 0 Å². The molecule has 3 heterocycles. The number of nitrogens with zero attached hydrogens (tertiary/aromatic N) is 2. The van der Waals surface area contributed by atoms with Crippen LogP contribution in [0.25, 0.3) is 0 Å². The van der Waals surface area contributed by atoms with Crippen LogP contribution >= 0.6 is 23.2 Å². The highest BCUT2D eigenvalue weighted by molar-refractivity contribution is 6.38. The van der Waals surface area contributed by atoms with E-state index in [9.17, 15) is 9.90 Å². The summed E-state index contributed by atoms with van der Waals surface area (Å²) in [7, 11) is 0. The summed E-state index contributed by atoms with van der Waals surface area (Å²) in [6.07, 6.45) is 1.91. The summed E-state index contributed by atoms with van der Waals surface area (Å²) in [6, 6.07) is 3.68. The number of benzene rings is 1. The summed E-state index contributed by atoms with van der Waals surface area (Å²) in [6.45, 7) is 9.55. The normalized spacial score (nSPS) is 20.4. The molecule has 7 nitrogen and oxygen atoms in total. The molecule has 1 fully saturated rings. The van der Waals surface area contributed by atoms with Crippen LogP contribution in [0.2, 0.25) is 10.0 Å². The van der Waals surface area contributed by atoms with Crippen LogP contribution in [-0.2, 0) is 17.7 Å². The molecular formula is C27H34Cl2N2O5. The third-order valence-electron chi connectivity index (χ3n) is 6.76. The number of hydrogen-bond donors (Lipinski definition) is 1. The Bertz CT molecular complexity index is 1120. The Morgan fingerprint density at radius 1 is 1.31 bits per heavy atom. The van der Waals surface area contributed by atoms with Crippen LogP contribution in [0.1, 0.15) is 65.9 Å². The molecule has 0 spiro atoms. The fraction of sp³-hybridized carbons (Fsp3) is 0.556. The summed E-state index contributed by atoms with van der Waals surface area (Å²) in [5, 5.41) is 10.5. The highest BCUT2D eigenvalue weighted by Crippen LogP contribution is 2.40. The molecule has 1 aromatic carbocycles. The van der Waals surface area contributed by atoms with Gasteiger partial charge in [-0.05, 0) is 50.8 Å². The Kier molecular flexibility index (Phi) is 8.66. The summed E-state index contributed by atoms with van der Waals surface area (Å²) < 4.78 is 17.7. The third-order valence-corrected chi connectivity index (χ3v) is 7.48. The van der Waals surface area contributed by atoms with E-state index >= 15 is 0 Å². The number of hydrogen-bond acceptors (Lipinski definition) is 6. The van der Waals surface area contributed by atoms with Crippen molar-refractivity contribution in [1.82, 2.24) is 9.88 Å². The Hall–Kier alpha value is -2.06. The quantitative estimate of drug-likeness (QED) is 0.438. The molecular weight excluding hydrogens is 503 g/mol. The van der Waals surface area contributed by atoms with Gasteiger partial charge in [0.15, 0.2) is 0 Å². The summed E-state index contributed by atoms with van der Waals surface area (Å²) in [5.74, 6) is 0.736. The number of aliphatic hydroxyl groups excluding tert-OH is 1. The Morgan fingerprint density at radius 3 is 2.78 bits per heavy atom. The maximum absolute atomic E-state index is 13.7. The number of ether oxygens (including phenoxy) is 3. The number of unbranched alkanes of at least 4 members (excludes halogenated alkanes) is 1. The van der Waals surface area contributed by atoms with Crippen LogP contribution in [0.15, 0.2) is 12.1 Å². The van der Waals surface area contributed by atoms with Crippen molar-refractivity contribution in [2.24, 2.45) is 0 Å². The minimum atomic E-state index is -0.591. The van der Waals surface area contributed by atoms with Gasteiger partial charge >= 0.3 is 0 Å². The average Bonchev–Trinajstić information content (AvgIpc) is 3.29. The number of pyridine rings is 1. The number of aliphatic hydroxyl groups is 1. The Labute approximate surface area is 222 Å². The number of amides is 1. The van der Waals surface area contributed by atoms with Gasteiger partial charge < -0.3 is 24.2 Å². The molecule has 1 N–H and O–H groups in total. The van der Waals surface area contributed by atoms with Crippen LogP contribution in [0.4, 0.5) is 0 Å². The molecule has 1 unspecified atom stereocenters. The molecule has 2 aromatic rings. The van der Waals surface area contributed by atoms with E-state index in [-0.39, 0.29) is 23.1 Å². The highest BCUT2D eigenvalue weighted by atomic mass is 35.5. The summed E-state index contributed by atoms with van der Waals surface area (Å²) >= 11 is 13.3. The van der Waals surface area contributed by atoms with E-state index in [4.69, 9.17) is 37.4 Å². The number of carbonyl (C=O) groups excluding carboxylic acids is 1. The van der Waals surface area contributed by atoms with Crippen LogP contribution in [-0.4, -0.2) is 59.0 Å². The fourth-order valence-corrected chi connectivity index (χ4v) is 5.30. The van der Waals surface area contributed by atoms with Crippen molar-refractivity contribution in [2.75, 3.05) is 19.8 Å². The minimum absolute atomic E-state index is 0.197. The maximum Gasteiger partial charge on any atom is 0.256 e. The van der Waals surface area contributed by atoms with Gasteiger partial charge in [0.05, 0.1) is 42.6 Å². The number of carbonyl (C=O) groups is 1. The lowest BCUT2D eigenvalue weighted by Gasteiger charge is -2.31. The zero-order valence-corrected chi connectivity index (χ0v) is 22.8. The Morgan fingerprint density at radius 2 is 2.08 bits per heavy atom. The van der Waals surface area contributed by atoms with E-state index in [1.165, 1.54) is 0 Å². The topological polar surface area (TPSA) is 81.1 Å².